The zero-order valence-corrected chi connectivity index (χ0v) is 13.8. The van der Waals surface area contributed by atoms with Crippen molar-refractivity contribution < 1.29 is 19.8 Å². The summed E-state index contributed by atoms with van der Waals surface area (Å²) in [7, 11) is 0. The van der Waals surface area contributed by atoms with Gasteiger partial charge >= 0.3 is 37.7 Å². The van der Waals surface area contributed by atoms with Crippen LogP contribution in [0.3, 0.4) is 0 Å². The van der Waals surface area contributed by atoms with E-state index in [0.717, 1.165) is 24.8 Å². The topological polar surface area (TPSA) is 80.3 Å². The van der Waals surface area contributed by atoms with Crippen LogP contribution in [0.2, 0.25) is 0 Å². The molecule has 0 radical (unpaired) electrons. The number of hydrogen-bond donors (Lipinski definition) is 0. The molecule has 5 heteroatoms. The van der Waals surface area contributed by atoms with E-state index in [4.69, 9.17) is 0 Å². The predicted molar refractivity (Wildman–Crippen MR) is 73.4 cm³/mol. The van der Waals surface area contributed by atoms with E-state index in [0.29, 0.717) is 18.1 Å². The zero-order chi connectivity index (χ0) is 14.3. The summed E-state index contributed by atoms with van der Waals surface area (Å²) in [4.78, 5) is 21.6. The van der Waals surface area contributed by atoms with Crippen molar-refractivity contribution in [3.63, 3.8) is 0 Å². The van der Waals surface area contributed by atoms with Crippen LogP contribution in [0.25, 0.3) is 5.57 Å². The smallest absolute Gasteiger partial charge is 0.545 e. The molecule has 0 aliphatic heterocycles. The quantitative estimate of drug-likeness (QED) is 0.401. The van der Waals surface area contributed by atoms with E-state index in [9.17, 15) is 19.8 Å². The van der Waals surface area contributed by atoms with Gasteiger partial charge in [0.2, 0.25) is 0 Å². The van der Waals surface area contributed by atoms with Gasteiger partial charge in [-0.1, -0.05) is 44.0 Å². The number of aryl methyl sites for hydroxylation is 1. The Labute approximate surface area is 148 Å². The maximum atomic E-state index is 11.0. The Morgan fingerprint density at radius 3 is 2.35 bits per heavy atom. The number of carboxylic acid groups (broad SMARTS) is 2. The second kappa shape index (κ2) is 9.97. The number of carbonyl (C=O) groups is 2. The van der Waals surface area contributed by atoms with E-state index in [2.05, 4.69) is 6.92 Å². The summed E-state index contributed by atoms with van der Waals surface area (Å²) in [5.41, 5.74) is 0.863. The summed E-state index contributed by atoms with van der Waals surface area (Å²) >= 11 is 0. The van der Waals surface area contributed by atoms with Crippen LogP contribution in [0, 0.1) is 0 Å². The SMILES string of the molecule is CCCCCc1ccccc1/C(=C/C(=O)[O-])C(=O)[O-].[Ca+2]. The van der Waals surface area contributed by atoms with E-state index in [-0.39, 0.29) is 43.3 Å². The number of rotatable bonds is 7. The van der Waals surface area contributed by atoms with Crippen molar-refractivity contribution in [2.24, 2.45) is 0 Å². The van der Waals surface area contributed by atoms with E-state index in [1.54, 1.807) is 24.3 Å². The molecule has 0 aliphatic rings. The Morgan fingerprint density at radius 1 is 1.15 bits per heavy atom. The molecule has 0 amide bonds. The average molecular weight is 300 g/mol. The predicted octanol–water partition coefficient (Wildman–Crippen LogP) is -0.0783. The largest absolute Gasteiger partial charge is 2.00 e. The van der Waals surface area contributed by atoms with Crippen molar-refractivity contribution in [3.8, 4) is 0 Å². The number of aliphatic carboxylic acids is 2. The molecule has 1 aromatic carbocycles. The molecule has 0 unspecified atom stereocenters. The molecule has 0 saturated heterocycles. The van der Waals surface area contributed by atoms with Gasteiger partial charge in [0.25, 0.3) is 0 Å². The standard InChI is InChI=1S/C15H18O4.Ca/c1-2-3-4-7-11-8-5-6-9-12(11)13(15(18)19)10-14(16)17;/h5-6,8-10H,2-4,7H2,1H3,(H,16,17)(H,18,19);/q;+2/p-2/b13-10-;. The number of benzene rings is 1. The van der Waals surface area contributed by atoms with Gasteiger partial charge in [0.15, 0.2) is 0 Å². The number of carboxylic acids is 2. The third kappa shape index (κ3) is 6.07. The molecule has 0 saturated carbocycles. The van der Waals surface area contributed by atoms with Crippen LogP contribution in [0.1, 0.15) is 37.3 Å². The van der Waals surface area contributed by atoms with Gasteiger partial charge in [0.1, 0.15) is 0 Å². The third-order valence-electron chi connectivity index (χ3n) is 2.84. The molecule has 102 valence electrons. The second-order valence-electron chi connectivity index (χ2n) is 4.28. The summed E-state index contributed by atoms with van der Waals surface area (Å²) in [5.74, 6) is -3.05. The minimum absolute atomic E-state index is 0. The van der Waals surface area contributed by atoms with Crippen molar-refractivity contribution in [3.05, 3.63) is 41.5 Å². The monoisotopic (exact) mass is 300 g/mol. The molecule has 0 heterocycles. The summed E-state index contributed by atoms with van der Waals surface area (Å²) in [6.45, 7) is 2.08. The van der Waals surface area contributed by atoms with Crippen LogP contribution < -0.4 is 10.2 Å². The first-order valence-electron chi connectivity index (χ1n) is 6.28. The van der Waals surface area contributed by atoms with E-state index < -0.39 is 11.9 Å². The van der Waals surface area contributed by atoms with Crippen LogP contribution in [-0.4, -0.2) is 49.7 Å². The minimum Gasteiger partial charge on any atom is -0.545 e. The van der Waals surface area contributed by atoms with Gasteiger partial charge in [-0.05, 0) is 30.0 Å². The Bertz CT molecular complexity index is 494. The summed E-state index contributed by atoms with van der Waals surface area (Å²) < 4.78 is 0. The van der Waals surface area contributed by atoms with Gasteiger partial charge in [-0.2, -0.15) is 0 Å². The summed E-state index contributed by atoms with van der Waals surface area (Å²) in [5, 5.41) is 21.6. The van der Waals surface area contributed by atoms with Crippen LogP contribution in [0.15, 0.2) is 30.3 Å². The van der Waals surface area contributed by atoms with Crippen LogP contribution in [0.4, 0.5) is 0 Å². The molecule has 1 aromatic rings. The normalized spacial score (nSPS) is 10.8. The molecule has 0 aliphatic carbocycles. The third-order valence-corrected chi connectivity index (χ3v) is 2.84. The van der Waals surface area contributed by atoms with Gasteiger partial charge in [0.05, 0.1) is 11.9 Å². The maximum absolute atomic E-state index is 11.0. The molecule has 0 atom stereocenters. The second-order valence-corrected chi connectivity index (χ2v) is 4.28. The fourth-order valence-corrected chi connectivity index (χ4v) is 1.93. The summed E-state index contributed by atoms with van der Waals surface area (Å²) in [6.07, 6.45) is 4.32. The fraction of sp³-hybridized carbons (Fsp3) is 0.333. The van der Waals surface area contributed by atoms with E-state index in [1.165, 1.54) is 0 Å². The number of hydrogen-bond acceptors (Lipinski definition) is 4. The Kier molecular flexibility index (Phi) is 9.55. The van der Waals surface area contributed by atoms with Gasteiger partial charge in [-0.15, -0.1) is 0 Å². The van der Waals surface area contributed by atoms with Crippen molar-refractivity contribution in [1.29, 1.82) is 0 Å². The fourth-order valence-electron chi connectivity index (χ4n) is 1.93. The van der Waals surface area contributed by atoms with Crippen LogP contribution in [-0.2, 0) is 16.0 Å². The Morgan fingerprint density at radius 2 is 1.80 bits per heavy atom. The van der Waals surface area contributed by atoms with Crippen LogP contribution in [0.5, 0.6) is 0 Å². The molecular weight excluding hydrogens is 284 g/mol. The first-order valence-corrected chi connectivity index (χ1v) is 6.28. The summed E-state index contributed by atoms with van der Waals surface area (Å²) in [6, 6.07) is 6.87. The van der Waals surface area contributed by atoms with Gasteiger partial charge in [0, 0.05) is 5.57 Å². The van der Waals surface area contributed by atoms with E-state index >= 15 is 0 Å². The van der Waals surface area contributed by atoms with Gasteiger partial charge < -0.3 is 19.8 Å². The van der Waals surface area contributed by atoms with Crippen molar-refractivity contribution in [1.82, 2.24) is 0 Å². The number of carbonyl (C=O) groups excluding carboxylic acids is 2. The number of unbranched alkanes of at least 4 members (excludes halogenated alkanes) is 2. The molecular formula is C15H16CaO4. The Balaban J connectivity index is 0.00000361. The van der Waals surface area contributed by atoms with Crippen molar-refractivity contribution in [2.45, 2.75) is 32.6 Å². The molecule has 0 aromatic heterocycles. The molecule has 20 heavy (non-hydrogen) atoms. The molecule has 0 spiro atoms. The van der Waals surface area contributed by atoms with Gasteiger partial charge in [-0.3, -0.25) is 0 Å². The van der Waals surface area contributed by atoms with Crippen LogP contribution >= 0.6 is 0 Å². The zero-order valence-electron chi connectivity index (χ0n) is 11.6. The van der Waals surface area contributed by atoms with Crippen molar-refractivity contribution >= 4 is 55.2 Å². The minimum atomic E-state index is -1.54. The first kappa shape index (κ1) is 19.2. The maximum Gasteiger partial charge on any atom is 2.00 e. The average Bonchev–Trinajstić information content (AvgIpc) is 2.36. The molecule has 4 nitrogen and oxygen atoms in total. The molecule has 1 rings (SSSR count). The molecule has 0 fully saturated rings. The van der Waals surface area contributed by atoms with E-state index in [1.807, 2.05) is 0 Å². The van der Waals surface area contributed by atoms with Crippen molar-refractivity contribution in [2.75, 3.05) is 0 Å². The molecule has 0 bridgehead atoms. The molecule has 0 N–H and O–H groups in total. The Hall–Kier alpha value is -0.840. The van der Waals surface area contributed by atoms with Gasteiger partial charge in [-0.25, -0.2) is 0 Å². The first-order chi connectivity index (χ1) is 9.06.